The molecule has 0 aliphatic heterocycles. The van der Waals surface area contributed by atoms with Crippen LogP contribution < -0.4 is 0 Å². The van der Waals surface area contributed by atoms with Crippen molar-refractivity contribution in [2.75, 3.05) is 6.61 Å². The number of unbranched alkanes of at least 4 members (excludes halogenated alkanes) is 8. The van der Waals surface area contributed by atoms with E-state index in [-0.39, 0.29) is 0 Å². The summed E-state index contributed by atoms with van der Waals surface area (Å²) in [6, 6.07) is 0. The highest BCUT2D eigenvalue weighted by Gasteiger charge is 2.01. The Morgan fingerprint density at radius 1 is 0.765 bits per heavy atom. The molecule has 102 valence electrons. The van der Waals surface area contributed by atoms with Crippen molar-refractivity contribution in [2.45, 2.75) is 84.0 Å². The monoisotopic (exact) mass is 242 g/mol. The lowest BCUT2D eigenvalue weighted by Crippen LogP contribution is -1.97. The molecule has 0 saturated heterocycles. The molecule has 1 N–H and O–H groups in total. The molecule has 0 aliphatic rings. The molecule has 0 amide bonds. The van der Waals surface area contributed by atoms with Crippen LogP contribution in [0.5, 0.6) is 0 Å². The Hall–Kier alpha value is -0.370. The highest BCUT2D eigenvalue weighted by Crippen LogP contribution is 2.10. The van der Waals surface area contributed by atoms with Crippen LogP contribution in [-0.2, 0) is 4.79 Å². The van der Waals surface area contributed by atoms with Crippen molar-refractivity contribution in [3.05, 3.63) is 0 Å². The first kappa shape index (κ1) is 16.6. The van der Waals surface area contributed by atoms with Gasteiger partial charge in [0.05, 0.1) is 0 Å². The Bertz CT molecular complexity index is 166. The molecule has 0 atom stereocenters. The van der Waals surface area contributed by atoms with Crippen LogP contribution in [0.3, 0.4) is 0 Å². The minimum atomic E-state index is 0.302. The zero-order valence-corrected chi connectivity index (χ0v) is 11.5. The summed E-state index contributed by atoms with van der Waals surface area (Å²) >= 11 is 0. The number of Topliss-reactive ketones (excluding diaryl/α,β-unsaturated/α-hetero) is 1. The summed E-state index contributed by atoms with van der Waals surface area (Å²) in [4.78, 5) is 11.5. The molecule has 17 heavy (non-hydrogen) atoms. The normalized spacial score (nSPS) is 10.7. The summed E-state index contributed by atoms with van der Waals surface area (Å²) in [5.74, 6) is 0.448. The van der Waals surface area contributed by atoms with Crippen molar-refractivity contribution >= 4 is 5.78 Å². The molecule has 0 fully saturated rings. The number of aliphatic hydroxyl groups is 1. The molecule has 0 saturated carbocycles. The van der Waals surface area contributed by atoms with Crippen molar-refractivity contribution in [3.8, 4) is 0 Å². The molecule has 0 bridgehead atoms. The van der Waals surface area contributed by atoms with E-state index in [0.29, 0.717) is 12.4 Å². The van der Waals surface area contributed by atoms with Crippen molar-refractivity contribution in [2.24, 2.45) is 0 Å². The first-order valence-electron chi connectivity index (χ1n) is 7.43. The topological polar surface area (TPSA) is 37.3 Å². The molecule has 0 aliphatic carbocycles. The van der Waals surface area contributed by atoms with Crippen LogP contribution in [-0.4, -0.2) is 17.5 Å². The first-order chi connectivity index (χ1) is 8.31. The van der Waals surface area contributed by atoms with E-state index < -0.39 is 0 Å². The SMILES string of the molecule is CCCCCCCC(=O)CCCCCCCO. The smallest absolute Gasteiger partial charge is 0.132 e. The van der Waals surface area contributed by atoms with Crippen LogP contribution >= 0.6 is 0 Å². The molecular weight excluding hydrogens is 212 g/mol. The fourth-order valence-corrected chi connectivity index (χ4v) is 2.02. The average molecular weight is 242 g/mol. The Kier molecular flexibility index (Phi) is 13.4. The maximum absolute atomic E-state index is 11.5. The predicted molar refractivity (Wildman–Crippen MR) is 73.2 cm³/mol. The lowest BCUT2D eigenvalue weighted by molar-refractivity contribution is -0.119. The molecule has 0 aromatic heterocycles. The van der Waals surface area contributed by atoms with Gasteiger partial charge in [0.1, 0.15) is 5.78 Å². The second-order valence-electron chi connectivity index (χ2n) is 4.94. The Morgan fingerprint density at radius 2 is 1.24 bits per heavy atom. The van der Waals surface area contributed by atoms with E-state index in [4.69, 9.17) is 5.11 Å². The van der Waals surface area contributed by atoms with Crippen LogP contribution in [0.4, 0.5) is 0 Å². The van der Waals surface area contributed by atoms with Crippen LogP contribution in [0.15, 0.2) is 0 Å². The van der Waals surface area contributed by atoms with Gasteiger partial charge in [-0.3, -0.25) is 4.79 Å². The summed E-state index contributed by atoms with van der Waals surface area (Å²) in [6.45, 7) is 2.51. The minimum Gasteiger partial charge on any atom is -0.396 e. The van der Waals surface area contributed by atoms with Gasteiger partial charge in [0.2, 0.25) is 0 Å². The van der Waals surface area contributed by atoms with Crippen molar-refractivity contribution < 1.29 is 9.90 Å². The molecule has 0 aromatic rings. The summed E-state index contributed by atoms with van der Waals surface area (Å²) in [7, 11) is 0. The van der Waals surface area contributed by atoms with E-state index >= 15 is 0 Å². The molecule has 0 heterocycles. The van der Waals surface area contributed by atoms with Gasteiger partial charge in [-0.25, -0.2) is 0 Å². The third kappa shape index (κ3) is 13.6. The van der Waals surface area contributed by atoms with E-state index in [2.05, 4.69) is 6.92 Å². The van der Waals surface area contributed by atoms with Crippen LogP contribution in [0.1, 0.15) is 84.0 Å². The fraction of sp³-hybridized carbons (Fsp3) is 0.933. The van der Waals surface area contributed by atoms with E-state index in [1.165, 1.54) is 25.7 Å². The van der Waals surface area contributed by atoms with Gasteiger partial charge in [0, 0.05) is 19.4 Å². The zero-order valence-electron chi connectivity index (χ0n) is 11.5. The van der Waals surface area contributed by atoms with Gasteiger partial charge < -0.3 is 5.11 Å². The molecule has 0 unspecified atom stereocenters. The highest BCUT2D eigenvalue weighted by atomic mass is 16.2. The van der Waals surface area contributed by atoms with E-state index in [1.54, 1.807) is 0 Å². The van der Waals surface area contributed by atoms with E-state index in [9.17, 15) is 4.79 Å². The van der Waals surface area contributed by atoms with Crippen LogP contribution in [0.2, 0.25) is 0 Å². The van der Waals surface area contributed by atoms with Crippen molar-refractivity contribution in [3.63, 3.8) is 0 Å². The lowest BCUT2D eigenvalue weighted by atomic mass is 10.0. The van der Waals surface area contributed by atoms with Gasteiger partial charge in [0.15, 0.2) is 0 Å². The molecule has 0 radical (unpaired) electrons. The summed E-state index contributed by atoms with van der Waals surface area (Å²) in [5, 5.41) is 8.62. The van der Waals surface area contributed by atoms with Crippen LogP contribution in [0.25, 0.3) is 0 Å². The summed E-state index contributed by atoms with van der Waals surface area (Å²) in [6.07, 6.45) is 13.1. The highest BCUT2D eigenvalue weighted by molar-refractivity contribution is 5.78. The van der Waals surface area contributed by atoms with E-state index in [0.717, 1.165) is 51.4 Å². The number of hydrogen-bond acceptors (Lipinski definition) is 2. The van der Waals surface area contributed by atoms with Crippen LogP contribution in [0, 0.1) is 0 Å². The minimum absolute atomic E-state index is 0.302. The number of rotatable bonds is 13. The average Bonchev–Trinajstić information content (AvgIpc) is 2.33. The number of hydrogen-bond donors (Lipinski definition) is 1. The summed E-state index contributed by atoms with van der Waals surface area (Å²) in [5.41, 5.74) is 0. The molecular formula is C15H30O2. The number of carbonyl (C=O) groups excluding carboxylic acids is 1. The number of ketones is 1. The fourth-order valence-electron chi connectivity index (χ4n) is 2.02. The summed E-state index contributed by atoms with van der Waals surface area (Å²) < 4.78 is 0. The van der Waals surface area contributed by atoms with Gasteiger partial charge in [-0.2, -0.15) is 0 Å². The first-order valence-corrected chi connectivity index (χ1v) is 7.43. The number of carbonyl (C=O) groups is 1. The quantitative estimate of drug-likeness (QED) is 0.490. The van der Waals surface area contributed by atoms with E-state index in [1.807, 2.05) is 0 Å². The third-order valence-electron chi connectivity index (χ3n) is 3.17. The van der Waals surface area contributed by atoms with Gasteiger partial charge in [-0.15, -0.1) is 0 Å². The molecule has 0 spiro atoms. The van der Waals surface area contributed by atoms with Crippen molar-refractivity contribution in [1.82, 2.24) is 0 Å². The molecule has 2 heteroatoms. The Morgan fingerprint density at radius 3 is 1.76 bits per heavy atom. The maximum atomic E-state index is 11.5. The van der Waals surface area contributed by atoms with Gasteiger partial charge in [-0.1, -0.05) is 51.9 Å². The molecule has 0 rings (SSSR count). The zero-order chi connectivity index (χ0) is 12.8. The van der Waals surface area contributed by atoms with Crippen molar-refractivity contribution in [1.29, 1.82) is 0 Å². The number of aliphatic hydroxyl groups excluding tert-OH is 1. The second kappa shape index (κ2) is 13.7. The van der Waals surface area contributed by atoms with Gasteiger partial charge in [-0.05, 0) is 19.3 Å². The maximum Gasteiger partial charge on any atom is 0.132 e. The molecule has 2 nitrogen and oxygen atoms in total. The van der Waals surface area contributed by atoms with Gasteiger partial charge >= 0.3 is 0 Å². The van der Waals surface area contributed by atoms with Gasteiger partial charge in [0.25, 0.3) is 0 Å². The Labute approximate surface area is 107 Å². The largest absolute Gasteiger partial charge is 0.396 e. The standard InChI is InChI=1S/C15H30O2/c1-2-3-4-6-9-12-15(17)13-10-7-5-8-11-14-16/h16H,2-14H2,1H3. The molecule has 0 aromatic carbocycles. The second-order valence-corrected chi connectivity index (χ2v) is 4.94. The lowest BCUT2D eigenvalue weighted by Gasteiger charge is -2.02. The third-order valence-corrected chi connectivity index (χ3v) is 3.17. The Balaban J connectivity index is 3.12. The predicted octanol–water partition coefficient (Wildman–Crippen LogP) is 4.25.